The second-order valence-corrected chi connectivity index (χ2v) is 9.77. The second-order valence-electron chi connectivity index (χ2n) is 7.01. The molecular weight excluding hydrogens is 456 g/mol. The lowest BCUT2D eigenvalue weighted by molar-refractivity contribution is 0.267. The van der Waals surface area contributed by atoms with Gasteiger partial charge in [-0.1, -0.05) is 18.2 Å². The SMILES string of the molecule is Cc1cc(C)c2cc(CN(CCCO)S(=O)(=O)c3ccccc3Br)c(=O)[nH]c2c1. The normalized spacial score (nSPS) is 12.0. The number of pyridine rings is 1. The van der Waals surface area contributed by atoms with Crippen LogP contribution in [0.2, 0.25) is 0 Å². The summed E-state index contributed by atoms with van der Waals surface area (Å²) in [6.45, 7) is 3.79. The first-order chi connectivity index (χ1) is 13.7. The number of rotatable bonds is 7. The Morgan fingerprint density at radius 3 is 2.55 bits per heavy atom. The number of aromatic nitrogens is 1. The molecule has 6 nitrogen and oxygen atoms in total. The number of fused-ring (bicyclic) bond motifs is 1. The van der Waals surface area contributed by atoms with Crippen molar-refractivity contribution in [2.75, 3.05) is 13.2 Å². The molecule has 0 amide bonds. The van der Waals surface area contributed by atoms with Crippen LogP contribution in [0.5, 0.6) is 0 Å². The van der Waals surface area contributed by atoms with Crippen molar-refractivity contribution in [3.8, 4) is 0 Å². The topological polar surface area (TPSA) is 90.5 Å². The first kappa shape index (κ1) is 21.7. The van der Waals surface area contributed by atoms with Crippen molar-refractivity contribution < 1.29 is 13.5 Å². The number of nitrogens with one attached hydrogen (secondary N) is 1. The Morgan fingerprint density at radius 1 is 1.14 bits per heavy atom. The van der Waals surface area contributed by atoms with Crippen LogP contribution in [0, 0.1) is 13.8 Å². The summed E-state index contributed by atoms with van der Waals surface area (Å²) in [7, 11) is -3.87. The molecule has 0 aliphatic rings. The van der Waals surface area contributed by atoms with Crippen LogP contribution in [-0.2, 0) is 16.6 Å². The molecule has 0 radical (unpaired) electrons. The average molecular weight is 479 g/mol. The highest BCUT2D eigenvalue weighted by atomic mass is 79.9. The number of nitrogens with zero attached hydrogens (tertiary/aromatic N) is 1. The van der Waals surface area contributed by atoms with Gasteiger partial charge in [0.15, 0.2) is 0 Å². The van der Waals surface area contributed by atoms with E-state index < -0.39 is 10.0 Å². The van der Waals surface area contributed by atoms with Crippen molar-refractivity contribution in [3.05, 3.63) is 74.0 Å². The van der Waals surface area contributed by atoms with Crippen LogP contribution in [0.25, 0.3) is 10.9 Å². The molecule has 0 aliphatic heterocycles. The molecule has 0 aliphatic carbocycles. The molecule has 8 heteroatoms. The van der Waals surface area contributed by atoms with E-state index in [1.165, 1.54) is 10.4 Å². The Hall–Kier alpha value is -2.00. The maximum Gasteiger partial charge on any atom is 0.252 e. The predicted octanol–water partition coefficient (Wildman–Crippen LogP) is 3.48. The van der Waals surface area contributed by atoms with Gasteiger partial charge in [-0.3, -0.25) is 4.79 Å². The van der Waals surface area contributed by atoms with Crippen molar-refractivity contribution in [3.63, 3.8) is 0 Å². The first-order valence-electron chi connectivity index (χ1n) is 9.22. The monoisotopic (exact) mass is 478 g/mol. The van der Waals surface area contributed by atoms with Gasteiger partial charge in [-0.15, -0.1) is 0 Å². The maximum absolute atomic E-state index is 13.3. The highest BCUT2D eigenvalue weighted by molar-refractivity contribution is 9.10. The van der Waals surface area contributed by atoms with Gasteiger partial charge in [0, 0.05) is 40.6 Å². The Labute approximate surface area is 178 Å². The lowest BCUT2D eigenvalue weighted by Crippen LogP contribution is -2.34. The Balaban J connectivity index is 2.07. The highest BCUT2D eigenvalue weighted by Gasteiger charge is 2.27. The van der Waals surface area contributed by atoms with Crippen molar-refractivity contribution in [2.45, 2.75) is 31.7 Å². The molecule has 3 rings (SSSR count). The number of aryl methyl sites for hydroxylation is 2. The lowest BCUT2D eigenvalue weighted by Gasteiger charge is -2.22. The lowest BCUT2D eigenvalue weighted by atomic mass is 10.0. The fraction of sp³-hybridized carbons (Fsp3) is 0.286. The number of aromatic amines is 1. The van der Waals surface area contributed by atoms with Crippen LogP contribution in [0.1, 0.15) is 23.1 Å². The number of halogens is 1. The molecule has 3 aromatic rings. The van der Waals surface area contributed by atoms with Gasteiger partial charge in [-0.25, -0.2) is 8.42 Å². The number of benzene rings is 2. The van der Waals surface area contributed by atoms with E-state index in [0.29, 0.717) is 10.0 Å². The summed E-state index contributed by atoms with van der Waals surface area (Å²) in [4.78, 5) is 15.7. The molecule has 0 atom stereocenters. The van der Waals surface area contributed by atoms with Crippen molar-refractivity contribution >= 4 is 36.9 Å². The summed E-state index contributed by atoms with van der Waals surface area (Å²) >= 11 is 3.29. The summed E-state index contributed by atoms with van der Waals surface area (Å²) in [6.07, 6.45) is 0.271. The van der Waals surface area contributed by atoms with E-state index in [4.69, 9.17) is 0 Å². The summed E-state index contributed by atoms with van der Waals surface area (Å²) in [5.74, 6) is 0. The number of aliphatic hydroxyl groups excluding tert-OH is 1. The van der Waals surface area contributed by atoms with Gasteiger partial charge in [0.05, 0.1) is 4.90 Å². The minimum atomic E-state index is -3.87. The molecule has 0 unspecified atom stereocenters. The van der Waals surface area contributed by atoms with Gasteiger partial charge in [-0.05, 0) is 71.6 Å². The van der Waals surface area contributed by atoms with E-state index in [2.05, 4.69) is 20.9 Å². The fourth-order valence-corrected chi connectivity index (χ4v) is 5.77. The number of sulfonamides is 1. The van der Waals surface area contributed by atoms with Crippen LogP contribution >= 0.6 is 15.9 Å². The van der Waals surface area contributed by atoms with Crippen LogP contribution in [0.3, 0.4) is 0 Å². The zero-order valence-electron chi connectivity index (χ0n) is 16.3. The van der Waals surface area contributed by atoms with Gasteiger partial charge in [-0.2, -0.15) is 4.31 Å². The second kappa shape index (κ2) is 8.79. The Morgan fingerprint density at radius 2 is 1.86 bits per heavy atom. The Kier molecular flexibility index (Phi) is 6.58. The third-order valence-electron chi connectivity index (χ3n) is 4.76. The first-order valence-corrected chi connectivity index (χ1v) is 11.5. The third kappa shape index (κ3) is 4.61. The number of hydrogen-bond acceptors (Lipinski definition) is 4. The van der Waals surface area contributed by atoms with Gasteiger partial charge < -0.3 is 10.1 Å². The zero-order chi connectivity index (χ0) is 21.2. The smallest absolute Gasteiger partial charge is 0.252 e. The van der Waals surface area contributed by atoms with Crippen molar-refractivity contribution in [1.29, 1.82) is 0 Å². The average Bonchev–Trinajstić information content (AvgIpc) is 2.65. The number of hydrogen-bond donors (Lipinski definition) is 2. The van der Waals surface area contributed by atoms with Gasteiger partial charge >= 0.3 is 0 Å². The highest BCUT2D eigenvalue weighted by Crippen LogP contribution is 2.26. The van der Waals surface area contributed by atoms with E-state index in [0.717, 1.165) is 22.0 Å². The summed E-state index contributed by atoms with van der Waals surface area (Å²) in [6, 6.07) is 12.2. The largest absolute Gasteiger partial charge is 0.396 e. The third-order valence-corrected chi connectivity index (χ3v) is 7.61. The minimum absolute atomic E-state index is 0.0811. The van der Waals surface area contributed by atoms with Crippen molar-refractivity contribution in [1.82, 2.24) is 9.29 Å². The van der Waals surface area contributed by atoms with Crippen LogP contribution in [0.4, 0.5) is 0 Å². The molecule has 0 saturated carbocycles. The Bertz CT molecular complexity index is 1210. The van der Waals surface area contributed by atoms with E-state index in [1.54, 1.807) is 24.3 Å². The van der Waals surface area contributed by atoms with Gasteiger partial charge in [0.2, 0.25) is 10.0 Å². The van der Waals surface area contributed by atoms with Gasteiger partial charge in [0.25, 0.3) is 5.56 Å². The van der Waals surface area contributed by atoms with Crippen LogP contribution in [-0.4, -0.2) is 36.0 Å². The van der Waals surface area contributed by atoms with Crippen molar-refractivity contribution in [2.24, 2.45) is 0 Å². The van der Waals surface area contributed by atoms with E-state index >= 15 is 0 Å². The zero-order valence-corrected chi connectivity index (χ0v) is 18.7. The van der Waals surface area contributed by atoms with Gasteiger partial charge in [0.1, 0.15) is 0 Å². The standard InChI is InChI=1S/C21H23BrN2O4S/c1-14-10-15(2)17-12-16(21(26)23-19(17)11-14)13-24(8-5-9-25)29(27,28)20-7-4-3-6-18(20)22/h3-4,6-7,10-12,25H,5,8-9,13H2,1-2H3,(H,23,26). The molecule has 2 aromatic carbocycles. The number of H-pyrrole nitrogens is 1. The molecule has 154 valence electrons. The molecule has 0 saturated heterocycles. The predicted molar refractivity (Wildman–Crippen MR) is 117 cm³/mol. The quantitative estimate of drug-likeness (QED) is 0.543. The molecule has 29 heavy (non-hydrogen) atoms. The molecule has 1 aromatic heterocycles. The number of aliphatic hydroxyl groups is 1. The van der Waals surface area contributed by atoms with Crippen LogP contribution < -0.4 is 5.56 Å². The fourth-order valence-electron chi connectivity index (χ4n) is 3.35. The maximum atomic E-state index is 13.3. The molecule has 0 bridgehead atoms. The van der Waals surface area contributed by atoms with Crippen LogP contribution in [0.15, 0.2) is 56.6 Å². The molecule has 1 heterocycles. The molecule has 2 N–H and O–H groups in total. The van der Waals surface area contributed by atoms with E-state index in [-0.39, 0.29) is 36.6 Å². The molecule has 0 spiro atoms. The molecular formula is C21H23BrN2O4S. The van der Waals surface area contributed by atoms with E-state index in [1.807, 2.05) is 26.0 Å². The molecule has 0 fully saturated rings. The summed E-state index contributed by atoms with van der Waals surface area (Å²) in [5.41, 5.74) is 2.82. The minimum Gasteiger partial charge on any atom is -0.396 e. The van der Waals surface area contributed by atoms with E-state index in [9.17, 15) is 18.3 Å². The summed E-state index contributed by atoms with van der Waals surface area (Å²) < 4.78 is 28.2. The summed E-state index contributed by atoms with van der Waals surface area (Å²) in [5, 5.41) is 10.1.